The van der Waals surface area contributed by atoms with Crippen molar-refractivity contribution in [2.45, 2.75) is 314 Å². The van der Waals surface area contributed by atoms with Crippen molar-refractivity contribution in [3.05, 3.63) is 12.2 Å². The second-order valence-corrected chi connectivity index (χ2v) is 18.9. The van der Waals surface area contributed by atoms with Crippen molar-refractivity contribution < 1.29 is 25.2 Å². The molecule has 0 bridgehead atoms. The standard InChI is InChI=1S/C54H107NO5/c1-2-3-4-5-6-7-33-36-39-42-45-51(58)47-48-53(59)52(50-57)55-54(60)46-43-40-37-34-31-29-27-25-23-21-19-17-15-13-11-9-8-10-12-14-16-18-20-22-24-26-28-30-32-35-38-41-44-49-56/h47-48,51-53,56-59H,2-46,49-50H2,1H3,(H,55,60)/b48-47+/t51-,52+,53-/m1/s1. The summed E-state index contributed by atoms with van der Waals surface area (Å²) in [6.07, 6.45) is 59.7. The molecule has 0 spiro atoms. The number of nitrogens with one attached hydrogen (secondary N) is 1. The van der Waals surface area contributed by atoms with E-state index < -0.39 is 18.2 Å². The number of hydrogen-bond donors (Lipinski definition) is 5. The molecule has 3 atom stereocenters. The molecule has 5 N–H and O–H groups in total. The van der Waals surface area contributed by atoms with E-state index in [-0.39, 0.29) is 12.5 Å². The molecule has 0 radical (unpaired) electrons. The van der Waals surface area contributed by atoms with Gasteiger partial charge in [0.25, 0.3) is 0 Å². The van der Waals surface area contributed by atoms with Gasteiger partial charge in [0.05, 0.1) is 24.9 Å². The van der Waals surface area contributed by atoms with Gasteiger partial charge in [-0.05, 0) is 19.3 Å². The fourth-order valence-electron chi connectivity index (χ4n) is 8.71. The molecular formula is C54H107NO5. The largest absolute Gasteiger partial charge is 0.396 e. The first kappa shape index (κ1) is 59.0. The van der Waals surface area contributed by atoms with Crippen molar-refractivity contribution >= 4 is 5.91 Å². The molecule has 0 aliphatic carbocycles. The van der Waals surface area contributed by atoms with Crippen LogP contribution in [0.1, 0.15) is 296 Å². The fraction of sp³-hybridized carbons (Fsp3) is 0.944. The van der Waals surface area contributed by atoms with Crippen molar-refractivity contribution in [3.8, 4) is 0 Å². The molecular weight excluding hydrogens is 743 g/mol. The molecule has 0 fully saturated rings. The minimum Gasteiger partial charge on any atom is -0.396 e. The molecule has 0 aliphatic heterocycles. The highest BCUT2D eigenvalue weighted by molar-refractivity contribution is 5.76. The fourth-order valence-corrected chi connectivity index (χ4v) is 8.71. The van der Waals surface area contributed by atoms with Crippen LogP contribution in [-0.2, 0) is 4.79 Å². The Bertz CT molecular complexity index is 852. The Morgan fingerprint density at radius 3 is 0.983 bits per heavy atom. The molecule has 0 aromatic heterocycles. The van der Waals surface area contributed by atoms with E-state index in [1.807, 2.05) is 0 Å². The highest BCUT2D eigenvalue weighted by Gasteiger charge is 2.18. The van der Waals surface area contributed by atoms with E-state index in [1.54, 1.807) is 6.08 Å². The van der Waals surface area contributed by atoms with Gasteiger partial charge in [0.15, 0.2) is 0 Å². The Labute approximate surface area is 374 Å². The summed E-state index contributed by atoms with van der Waals surface area (Å²) in [5, 5.41) is 42.1. The van der Waals surface area contributed by atoms with Crippen LogP contribution in [0.5, 0.6) is 0 Å². The van der Waals surface area contributed by atoms with Crippen LogP contribution in [0, 0.1) is 0 Å². The normalized spacial score (nSPS) is 13.3. The van der Waals surface area contributed by atoms with Gasteiger partial charge in [0.1, 0.15) is 0 Å². The predicted octanol–water partition coefficient (Wildman–Crippen LogP) is 15.3. The molecule has 0 heterocycles. The van der Waals surface area contributed by atoms with Crippen LogP contribution in [0.4, 0.5) is 0 Å². The third kappa shape index (κ3) is 46.6. The number of carbonyl (C=O) groups excluding carboxylic acids is 1. The number of amides is 1. The maximum atomic E-state index is 12.4. The van der Waals surface area contributed by atoms with Gasteiger partial charge in [-0.25, -0.2) is 0 Å². The molecule has 0 saturated carbocycles. The minimum atomic E-state index is -1.01. The van der Waals surface area contributed by atoms with Gasteiger partial charge in [0.2, 0.25) is 5.91 Å². The zero-order chi connectivity index (χ0) is 43.7. The SMILES string of the molecule is CCCCCCCCCCCC[C@@H](O)/C=C/[C@@H](O)[C@H](CO)NC(=O)CCCCCCCCCCCCCCCCCCCCCCCCCCCCCCCCCCCO. The smallest absolute Gasteiger partial charge is 0.220 e. The average Bonchev–Trinajstić information content (AvgIpc) is 3.25. The Kier molecular flexibility index (Phi) is 49.9. The molecule has 0 aromatic rings. The van der Waals surface area contributed by atoms with Crippen molar-refractivity contribution in [2.75, 3.05) is 13.2 Å². The third-order valence-electron chi connectivity index (χ3n) is 12.9. The van der Waals surface area contributed by atoms with E-state index in [1.165, 1.54) is 244 Å². The highest BCUT2D eigenvalue weighted by atomic mass is 16.3. The minimum absolute atomic E-state index is 0.125. The van der Waals surface area contributed by atoms with Gasteiger partial charge < -0.3 is 25.7 Å². The maximum Gasteiger partial charge on any atom is 0.220 e. The number of unbranched alkanes of at least 4 members (excludes halogenated alkanes) is 41. The number of aliphatic hydroxyl groups excluding tert-OH is 4. The molecule has 358 valence electrons. The van der Waals surface area contributed by atoms with E-state index in [0.29, 0.717) is 19.4 Å². The second-order valence-electron chi connectivity index (χ2n) is 18.9. The maximum absolute atomic E-state index is 12.4. The molecule has 1 amide bonds. The van der Waals surface area contributed by atoms with E-state index in [4.69, 9.17) is 5.11 Å². The lowest BCUT2D eigenvalue weighted by atomic mass is 10.0. The predicted molar refractivity (Wildman–Crippen MR) is 261 cm³/mol. The van der Waals surface area contributed by atoms with Crippen LogP contribution >= 0.6 is 0 Å². The lowest BCUT2D eigenvalue weighted by Crippen LogP contribution is -2.45. The number of carbonyl (C=O) groups is 1. The lowest BCUT2D eigenvalue weighted by Gasteiger charge is -2.20. The van der Waals surface area contributed by atoms with Gasteiger partial charge in [-0.2, -0.15) is 0 Å². The van der Waals surface area contributed by atoms with Crippen molar-refractivity contribution in [1.82, 2.24) is 5.32 Å². The van der Waals surface area contributed by atoms with Crippen LogP contribution in [-0.4, -0.2) is 57.8 Å². The van der Waals surface area contributed by atoms with Crippen LogP contribution in [0.2, 0.25) is 0 Å². The lowest BCUT2D eigenvalue weighted by molar-refractivity contribution is -0.123. The molecule has 0 saturated heterocycles. The first-order valence-corrected chi connectivity index (χ1v) is 27.1. The molecule has 60 heavy (non-hydrogen) atoms. The van der Waals surface area contributed by atoms with Crippen LogP contribution in [0.25, 0.3) is 0 Å². The van der Waals surface area contributed by atoms with Gasteiger partial charge >= 0.3 is 0 Å². The van der Waals surface area contributed by atoms with Gasteiger partial charge in [-0.1, -0.05) is 282 Å². The van der Waals surface area contributed by atoms with Crippen molar-refractivity contribution in [2.24, 2.45) is 0 Å². The topological polar surface area (TPSA) is 110 Å². The van der Waals surface area contributed by atoms with Gasteiger partial charge in [-0.15, -0.1) is 0 Å². The first-order chi connectivity index (χ1) is 29.5. The summed E-state index contributed by atoms with van der Waals surface area (Å²) in [6.45, 7) is 2.28. The van der Waals surface area contributed by atoms with Crippen LogP contribution in [0.15, 0.2) is 12.2 Å². The van der Waals surface area contributed by atoms with Gasteiger partial charge in [0, 0.05) is 13.0 Å². The summed E-state index contributed by atoms with van der Waals surface area (Å²) in [7, 11) is 0. The Balaban J connectivity index is 3.43. The number of aliphatic hydroxyl groups is 4. The summed E-state index contributed by atoms with van der Waals surface area (Å²) >= 11 is 0. The summed E-state index contributed by atoms with van der Waals surface area (Å²) in [4.78, 5) is 12.4. The van der Waals surface area contributed by atoms with E-state index in [9.17, 15) is 20.1 Å². The molecule has 6 nitrogen and oxygen atoms in total. The molecule has 6 heteroatoms. The molecule has 0 unspecified atom stereocenters. The summed E-state index contributed by atoms with van der Waals surface area (Å²) in [6, 6.07) is -0.742. The summed E-state index contributed by atoms with van der Waals surface area (Å²) < 4.78 is 0. The van der Waals surface area contributed by atoms with E-state index >= 15 is 0 Å². The highest BCUT2D eigenvalue weighted by Crippen LogP contribution is 2.18. The Morgan fingerprint density at radius 1 is 0.400 bits per heavy atom. The quantitative estimate of drug-likeness (QED) is 0.0309. The Hall–Kier alpha value is -0.950. The second kappa shape index (κ2) is 50.7. The molecule has 0 aliphatic rings. The monoisotopic (exact) mass is 850 g/mol. The summed E-state index contributed by atoms with van der Waals surface area (Å²) in [5.74, 6) is -0.125. The zero-order valence-corrected chi connectivity index (χ0v) is 40.3. The van der Waals surface area contributed by atoms with Crippen molar-refractivity contribution in [1.29, 1.82) is 0 Å². The van der Waals surface area contributed by atoms with Crippen molar-refractivity contribution in [3.63, 3.8) is 0 Å². The van der Waals surface area contributed by atoms with E-state index in [2.05, 4.69) is 12.2 Å². The van der Waals surface area contributed by atoms with Crippen LogP contribution in [0.3, 0.4) is 0 Å². The Morgan fingerprint density at radius 2 is 0.683 bits per heavy atom. The molecule has 0 rings (SSSR count). The van der Waals surface area contributed by atoms with Crippen LogP contribution < -0.4 is 5.32 Å². The van der Waals surface area contributed by atoms with E-state index in [0.717, 1.165) is 38.5 Å². The van der Waals surface area contributed by atoms with Gasteiger partial charge in [-0.3, -0.25) is 4.79 Å². The zero-order valence-electron chi connectivity index (χ0n) is 40.3. The third-order valence-corrected chi connectivity index (χ3v) is 12.9. The number of rotatable bonds is 51. The number of hydrogen-bond acceptors (Lipinski definition) is 5. The molecule has 0 aromatic carbocycles. The average molecular weight is 850 g/mol. The first-order valence-electron chi connectivity index (χ1n) is 27.1. The summed E-state index contributed by atoms with van der Waals surface area (Å²) in [5.41, 5.74) is 0.